The van der Waals surface area contributed by atoms with Crippen molar-refractivity contribution in [2.24, 2.45) is 5.73 Å². The van der Waals surface area contributed by atoms with E-state index in [4.69, 9.17) is 10.5 Å². The molecule has 2 N–H and O–H groups in total. The number of nitrogens with two attached hydrogens (primary N) is 1. The molecule has 84 valence electrons. The van der Waals surface area contributed by atoms with Crippen LogP contribution in [0.4, 0.5) is 0 Å². The third-order valence-corrected chi connectivity index (χ3v) is 3.47. The fourth-order valence-corrected chi connectivity index (χ4v) is 2.53. The number of para-hydroxylation sites is 1. The molecule has 0 radical (unpaired) electrons. The summed E-state index contributed by atoms with van der Waals surface area (Å²) in [7, 11) is 1.67. The van der Waals surface area contributed by atoms with E-state index in [1.807, 2.05) is 31.2 Å². The van der Waals surface area contributed by atoms with Crippen molar-refractivity contribution in [3.05, 3.63) is 34.8 Å². The van der Waals surface area contributed by atoms with Crippen LogP contribution in [0.5, 0.6) is 5.75 Å². The summed E-state index contributed by atoms with van der Waals surface area (Å²) in [5.74, 6) is 0.847. The number of thiazole rings is 1. The SMILES string of the molecule is COc1ccccc1-c1nc(CN)c(C)s1. The van der Waals surface area contributed by atoms with Gasteiger partial charge in [-0.05, 0) is 19.1 Å². The van der Waals surface area contributed by atoms with Crippen LogP contribution in [-0.2, 0) is 6.54 Å². The molecule has 16 heavy (non-hydrogen) atoms. The third kappa shape index (κ3) is 1.94. The first kappa shape index (κ1) is 11.1. The van der Waals surface area contributed by atoms with Crippen LogP contribution in [-0.4, -0.2) is 12.1 Å². The molecule has 0 fully saturated rings. The number of hydrogen-bond donors (Lipinski definition) is 1. The maximum Gasteiger partial charge on any atom is 0.129 e. The highest BCUT2D eigenvalue weighted by atomic mass is 32.1. The van der Waals surface area contributed by atoms with E-state index in [0.29, 0.717) is 6.54 Å². The molecule has 0 amide bonds. The van der Waals surface area contributed by atoms with Crippen LogP contribution < -0.4 is 10.5 Å². The van der Waals surface area contributed by atoms with Gasteiger partial charge in [0, 0.05) is 11.4 Å². The van der Waals surface area contributed by atoms with E-state index in [1.54, 1.807) is 18.4 Å². The Labute approximate surface area is 98.9 Å². The smallest absolute Gasteiger partial charge is 0.129 e. The molecule has 2 rings (SSSR count). The lowest BCUT2D eigenvalue weighted by Gasteiger charge is -2.04. The molecule has 1 aromatic heterocycles. The van der Waals surface area contributed by atoms with Gasteiger partial charge in [-0.15, -0.1) is 11.3 Å². The van der Waals surface area contributed by atoms with Crippen molar-refractivity contribution in [3.8, 4) is 16.3 Å². The predicted molar refractivity (Wildman–Crippen MR) is 66.7 cm³/mol. The number of benzene rings is 1. The first-order valence-electron chi connectivity index (χ1n) is 5.06. The van der Waals surface area contributed by atoms with Gasteiger partial charge < -0.3 is 10.5 Å². The van der Waals surface area contributed by atoms with E-state index >= 15 is 0 Å². The molecule has 4 heteroatoms. The minimum absolute atomic E-state index is 0.484. The number of hydrogen-bond acceptors (Lipinski definition) is 4. The molecular formula is C12H14N2OS. The van der Waals surface area contributed by atoms with Crippen LogP contribution in [0.15, 0.2) is 24.3 Å². The van der Waals surface area contributed by atoms with Crippen molar-refractivity contribution in [2.75, 3.05) is 7.11 Å². The normalized spacial score (nSPS) is 10.4. The highest BCUT2D eigenvalue weighted by Gasteiger charge is 2.11. The number of methoxy groups -OCH3 is 1. The van der Waals surface area contributed by atoms with Crippen molar-refractivity contribution in [3.63, 3.8) is 0 Å². The first-order chi connectivity index (χ1) is 7.76. The van der Waals surface area contributed by atoms with Gasteiger partial charge in [0.15, 0.2) is 0 Å². The van der Waals surface area contributed by atoms with E-state index in [1.165, 1.54) is 4.88 Å². The second kappa shape index (κ2) is 4.63. The highest BCUT2D eigenvalue weighted by Crippen LogP contribution is 2.33. The lowest BCUT2D eigenvalue weighted by molar-refractivity contribution is 0.416. The standard InChI is InChI=1S/C12H14N2OS/c1-8-10(7-13)14-12(16-8)9-5-3-4-6-11(9)15-2/h3-6H,7,13H2,1-2H3. The molecule has 0 unspecified atom stereocenters. The van der Waals surface area contributed by atoms with E-state index in [2.05, 4.69) is 4.98 Å². The molecule has 1 aromatic carbocycles. The zero-order valence-corrected chi connectivity index (χ0v) is 10.2. The minimum Gasteiger partial charge on any atom is -0.496 e. The Morgan fingerprint density at radius 2 is 2.12 bits per heavy atom. The number of aryl methyl sites for hydroxylation is 1. The van der Waals surface area contributed by atoms with Gasteiger partial charge in [0.05, 0.1) is 18.4 Å². The van der Waals surface area contributed by atoms with Gasteiger partial charge >= 0.3 is 0 Å². The molecule has 0 aliphatic rings. The maximum atomic E-state index is 5.63. The molecular weight excluding hydrogens is 220 g/mol. The Bertz CT molecular complexity index is 494. The number of aromatic nitrogens is 1. The zero-order valence-electron chi connectivity index (χ0n) is 9.36. The van der Waals surface area contributed by atoms with E-state index in [-0.39, 0.29) is 0 Å². The van der Waals surface area contributed by atoms with Crippen LogP contribution in [0.2, 0.25) is 0 Å². The summed E-state index contributed by atoms with van der Waals surface area (Å²) in [4.78, 5) is 5.69. The van der Waals surface area contributed by atoms with Gasteiger partial charge in [0.25, 0.3) is 0 Å². The van der Waals surface area contributed by atoms with Gasteiger partial charge in [0.1, 0.15) is 10.8 Å². The van der Waals surface area contributed by atoms with Gasteiger partial charge in [-0.1, -0.05) is 12.1 Å². The Kier molecular flexibility index (Phi) is 3.22. The van der Waals surface area contributed by atoms with Gasteiger partial charge in [-0.25, -0.2) is 4.98 Å². The fourth-order valence-electron chi connectivity index (χ4n) is 1.55. The van der Waals surface area contributed by atoms with Gasteiger partial charge in [-0.2, -0.15) is 0 Å². The molecule has 0 bridgehead atoms. The summed E-state index contributed by atoms with van der Waals surface area (Å²) < 4.78 is 5.32. The summed E-state index contributed by atoms with van der Waals surface area (Å²) in [6.45, 7) is 2.52. The van der Waals surface area contributed by atoms with E-state index < -0.39 is 0 Å². The van der Waals surface area contributed by atoms with Gasteiger partial charge in [0.2, 0.25) is 0 Å². The summed E-state index contributed by atoms with van der Waals surface area (Å²) in [5, 5.41) is 0.968. The van der Waals surface area contributed by atoms with Crippen LogP contribution in [0, 0.1) is 6.92 Å². The Hall–Kier alpha value is -1.39. The highest BCUT2D eigenvalue weighted by molar-refractivity contribution is 7.15. The molecule has 0 atom stereocenters. The Morgan fingerprint density at radius 3 is 2.75 bits per heavy atom. The number of nitrogens with zero attached hydrogens (tertiary/aromatic N) is 1. The molecule has 0 aliphatic heterocycles. The molecule has 2 aromatic rings. The summed E-state index contributed by atoms with van der Waals surface area (Å²) in [6.07, 6.45) is 0. The quantitative estimate of drug-likeness (QED) is 0.888. The monoisotopic (exact) mass is 234 g/mol. The number of rotatable bonds is 3. The number of ether oxygens (including phenoxy) is 1. The van der Waals surface area contributed by atoms with Crippen LogP contribution in [0.1, 0.15) is 10.6 Å². The molecule has 3 nitrogen and oxygen atoms in total. The van der Waals surface area contributed by atoms with E-state index in [0.717, 1.165) is 22.0 Å². The average Bonchev–Trinajstić information content (AvgIpc) is 2.70. The molecule has 0 aliphatic carbocycles. The van der Waals surface area contributed by atoms with Crippen LogP contribution in [0.25, 0.3) is 10.6 Å². The van der Waals surface area contributed by atoms with Crippen LogP contribution >= 0.6 is 11.3 Å². The summed E-state index contributed by atoms with van der Waals surface area (Å²) >= 11 is 1.65. The van der Waals surface area contributed by atoms with E-state index in [9.17, 15) is 0 Å². The van der Waals surface area contributed by atoms with Crippen molar-refractivity contribution < 1.29 is 4.74 Å². The molecule has 0 saturated carbocycles. The lowest BCUT2D eigenvalue weighted by Crippen LogP contribution is -1.98. The van der Waals surface area contributed by atoms with Crippen LogP contribution in [0.3, 0.4) is 0 Å². The molecule has 1 heterocycles. The zero-order chi connectivity index (χ0) is 11.5. The second-order valence-corrected chi connectivity index (χ2v) is 4.63. The summed E-state index contributed by atoms with van der Waals surface area (Å²) in [5.41, 5.74) is 7.62. The third-order valence-electron chi connectivity index (χ3n) is 2.42. The summed E-state index contributed by atoms with van der Waals surface area (Å²) in [6, 6.07) is 7.88. The van der Waals surface area contributed by atoms with Crippen molar-refractivity contribution in [1.82, 2.24) is 4.98 Å². The Morgan fingerprint density at radius 1 is 1.38 bits per heavy atom. The minimum atomic E-state index is 0.484. The van der Waals surface area contributed by atoms with Crippen molar-refractivity contribution >= 4 is 11.3 Å². The maximum absolute atomic E-state index is 5.63. The Balaban J connectivity index is 2.49. The lowest BCUT2D eigenvalue weighted by atomic mass is 10.2. The molecule has 0 saturated heterocycles. The first-order valence-corrected chi connectivity index (χ1v) is 5.87. The van der Waals surface area contributed by atoms with Crippen molar-refractivity contribution in [2.45, 2.75) is 13.5 Å². The van der Waals surface area contributed by atoms with Gasteiger partial charge in [-0.3, -0.25) is 0 Å². The predicted octanol–water partition coefficient (Wildman–Crippen LogP) is 2.59. The molecule has 0 spiro atoms. The fraction of sp³-hybridized carbons (Fsp3) is 0.250. The second-order valence-electron chi connectivity index (χ2n) is 3.43. The van der Waals surface area contributed by atoms with Crippen molar-refractivity contribution in [1.29, 1.82) is 0 Å². The topological polar surface area (TPSA) is 48.1 Å². The average molecular weight is 234 g/mol. The largest absolute Gasteiger partial charge is 0.496 e.